The van der Waals surface area contributed by atoms with Crippen LogP contribution in [0.3, 0.4) is 0 Å². The van der Waals surface area contributed by atoms with Gasteiger partial charge in [-0.3, -0.25) is 14.4 Å². The van der Waals surface area contributed by atoms with E-state index in [9.17, 15) is 27.6 Å². The number of aliphatic carboxylic acids is 1. The first kappa shape index (κ1) is 19.2. The summed E-state index contributed by atoms with van der Waals surface area (Å²) in [7, 11) is 0. The maximum absolute atomic E-state index is 12.3. The van der Waals surface area contributed by atoms with Crippen molar-refractivity contribution in [3.63, 3.8) is 0 Å². The predicted molar refractivity (Wildman–Crippen MR) is 74.3 cm³/mol. The van der Waals surface area contributed by atoms with Gasteiger partial charge in [0.05, 0.1) is 11.8 Å². The fraction of sp³-hybridized carbons (Fsp3) is 0.786. The Bertz CT molecular complexity index is 465. The highest BCUT2D eigenvalue weighted by Crippen LogP contribution is 2.24. The number of carbonyl (C=O) groups is 3. The smallest absolute Gasteiger partial charge is 0.406 e. The average Bonchev–Trinajstić information content (AvgIpc) is 2.73. The second-order valence-electron chi connectivity index (χ2n) is 6.20. The van der Waals surface area contributed by atoms with Crippen LogP contribution in [0.25, 0.3) is 0 Å². The van der Waals surface area contributed by atoms with E-state index in [-0.39, 0.29) is 25.4 Å². The van der Waals surface area contributed by atoms with Crippen LogP contribution in [-0.2, 0) is 14.4 Å². The number of alkyl halides is 3. The predicted octanol–water partition coefficient (Wildman–Crippen LogP) is 1.26. The van der Waals surface area contributed by atoms with Crippen molar-refractivity contribution < 1.29 is 32.7 Å². The zero-order valence-corrected chi connectivity index (χ0v) is 13.0. The lowest BCUT2D eigenvalue weighted by atomic mass is 9.97. The fourth-order valence-electron chi connectivity index (χ4n) is 2.53. The topological polar surface area (TPSA) is 86.7 Å². The van der Waals surface area contributed by atoms with Crippen LogP contribution in [-0.4, -0.2) is 53.6 Å². The monoisotopic (exact) mass is 338 g/mol. The standard InChI is InChI=1S/C14H21F3N2O4/c1-8(2)3-9(13(22)23)5-18-12(21)10-4-11(20)19(6-10)7-14(15,16)17/h8-10H,3-7H2,1-2H3,(H,18,21)(H,22,23)/t9-,10+/m0/s1. The van der Waals surface area contributed by atoms with E-state index < -0.39 is 42.3 Å². The molecule has 0 bridgehead atoms. The number of hydrogen-bond donors (Lipinski definition) is 2. The van der Waals surface area contributed by atoms with Gasteiger partial charge in [0.2, 0.25) is 11.8 Å². The van der Waals surface area contributed by atoms with Crippen LogP contribution in [0.15, 0.2) is 0 Å². The van der Waals surface area contributed by atoms with Crippen LogP contribution < -0.4 is 5.32 Å². The summed E-state index contributed by atoms with van der Waals surface area (Å²) in [6.07, 6.45) is -4.42. The number of amides is 2. The molecule has 2 N–H and O–H groups in total. The van der Waals surface area contributed by atoms with Gasteiger partial charge in [-0.15, -0.1) is 0 Å². The molecule has 6 nitrogen and oxygen atoms in total. The molecule has 0 aromatic rings. The molecule has 1 rings (SSSR count). The minimum atomic E-state index is -4.51. The molecule has 0 aromatic carbocycles. The molecule has 1 aliphatic heterocycles. The van der Waals surface area contributed by atoms with Crippen molar-refractivity contribution in [3.05, 3.63) is 0 Å². The molecular formula is C14H21F3N2O4. The Hall–Kier alpha value is -1.80. The van der Waals surface area contributed by atoms with Gasteiger partial charge in [0, 0.05) is 19.5 Å². The van der Waals surface area contributed by atoms with Gasteiger partial charge in [-0.2, -0.15) is 13.2 Å². The second-order valence-corrected chi connectivity index (χ2v) is 6.20. The molecule has 132 valence electrons. The number of nitrogens with zero attached hydrogens (tertiary/aromatic N) is 1. The number of likely N-dealkylation sites (tertiary alicyclic amines) is 1. The second kappa shape index (κ2) is 7.65. The van der Waals surface area contributed by atoms with E-state index in [0.29, 0.717) is 11.3 Å². The van der Waals surface area contributed by atoms with Crippen LogP contribution in [0.2, 0.25) is 0 Å². The number of carboxylic acids is 1. The molecule has 1 saturated heterocycles. The van der Waals surface area contributed by atoms with E-state index in [4.69, 9.17) is 5.11 Å². The molecule has 1 fully saturated rings. The quantitative estimate of drug-likeness (QED) is 0.732. The van der Waals surface area contributed by atoms with Crippen LogP contribution in [0.4, 0.5) is 13.2 Å². The lowest BCUT2D eigenvalue weighted by Gasteiger charge is -2.19. The summed E-state index contributed by atoms with van der Waals surface area (Å²) in [6, 6.07) is 0. The molecule has 1 heterocycles. The largest absolute Gasteiger partial charge is 0.481 e. The average molecular weight is 338 g/mol. The third-order valence-electron chi connectivity index (χ3n) is 3.58. The summed E-state index contributed by atoms with van der Waals surface area (Å²) in [4.78, 5) is 35.2. The summed E-state index contributed by atoms with van der Waals surface area (Å²) in [5.74, 6) is -3.86. The van der Waals surface area contributed by atoms with Crippen molar-refractivity contribution in [2.45, 2.75) is 32.9 Å². The van der Waals surface area contributed by atoms with Crippen molar-refractivity contribution in [2.75, 3.05) is 19.6 Å². The minimum Gasteiger partial charge on any atom is -0.481 e. The Balaban J connectivity index is 2.52. The molecule has 0 aromatic heterocycles. The van der Waals surface area contributed by atoms with Gasteiger partial charge in [0.25, 0.3) is 0 Å². The van der Waals surface area contributed by atoms with Gasteiger partial charge < -0.3 is 15.3 Å². The number of rotatable bonds is 7. The van der Waals surface area contributed by atoms with Crippen molar-refractivity contribution in [1.29, 1.82) is 0 Å². The lowest BCUT2D eigenvalue weighted by Crippen LogP contribution is -2.39. The fourth-order valence-corrected chi connectivity index (χ4v) is 2.53. The maximum atomic E-state index is 12.3. The normalized spacial score (nSPS) is 20.0. The molecule has 0 aliphatic carbocycles. The highest BCUT2D eigenvalue weighted by atomic mass is 19.4. The summed E-state index contributed by atoms with van der Waals surface area (Å²) in [5.41, 5.74) is 0. The Morgan fingerprint density at radius 3 is 2.48 bits per heavy atom. The van der Waals surface area contributed by atoms with Crippen molar-refractivity contribution in [1.82, 2.24) is 10.2 Å². The summed E-state index contributed by atoms with van der Waals surface area (Å²) < 4.78 is 36.9. The first-order valence-electron chi connectivity index (χ1n) is 7.34. The van der Waals surface area contributed by atoms with Crippen molar-refractivity contribution in [3.8, 4) is 0 Å². The van der Waals surface area contributed by atoms with Gasteiger partial charge >= 0.3 is 12.1 Å². The van der Waals surface area contributed by atoms with Crippen LogP contribution in [0, 0.1) is 17.8 Å². The van der Waals surface area contributed by atoms with E-state index in [2.05, 4.69) is 5.32 Å². The van der Waals surface area contributed by atoms with E-state index >= 15 is 0 Å². The summed E-state index contributed by atoms with van der Waals surface area (Å²) >= 11 is 0. The van der Waals surface area contributed by atoms with Gasteiger partial charge in [0.15, 0.2) is 0 Å². The zero-order valence-electron chi connectivity index (χ0n) is 13.0. The molecule has 0 spiro atoms. The Kier molecular flexibility index (Phi) is 6.40. The third kappa shape index (κ3) is 6.45. The first-order valence-corrected chi connectivity index (χ1v) is 7.34. The molecule has 0 radical (unpaired) electrons. The number of carboxylic acid groups (broad SMARTS) is 1. The van der Waals surface area contributed by atoms with Crippen LogP contribution in [0.5, 0.6) is 0 Å². The van der Waals surface area contributed by atoms with E-state index in [1.54, 1.807) is 0 Å². The Morgan fingerprint density at radius 2 is 2.00 bits per heavy atom. The number of nitrogens with one attached hydrogen (secondary N) is 1. The first-order chi connectivity index (χ1) is 10.5. The van der Waals surface area contributed by atoms with Crippen LogP contribution in [0.1, 0.15) is 26.7 Å². The molecule has 9 heteroatoms. The molecule has 0 saturated carbocycles. The van der Waals surface area contributed by atoms with Gasteiger partial charge in [-0.1, -0.05) is 13.8 Å². The van der Waals surface area contributed by atoms with Crippen molar-refractivity contribution >= 4 is 17.8 Å². The minimum absolute atomic E-state index is 0.101. The number of carbonyl (C=O) groups excluding carboxylic acids is 2. The van der Waals surface area contributed by atoms with Crippen LogP contribution >= 0.6 is 0 Å². The molecule has 0 unspecified atom stereocenters. The SMILES string of the molecule is CC(C)C[C@@H](CNC(=O)[C@@H]1CC(=O)N(CC(F)(F)F)C1)C(=O)O. The van der Waals surface area contributed by atoms with Crippen molar-refractivity contribution in [2.24, 2.45) is 17.8 Å². The summed E-state index contributed by atoms with van der Waals surface area (Å²) in [5, 5.41) is 11.5. The molecule has 2 atom stereocenters. The van der Waals surface area contributed by atoms with Gasteiger partial charge in [-0.25, -0.2) is 0 Å². The Labute approximate surface area is 132 Å². The van der Waals surface area contributed by atoms with E-state index in [1.807, 2.05) is 13.8 Å². The Morgan fingerprint density at radius 1 is 1.39 bits per heavy atom. The van der Waals surface area contributed by atoms with E-state index in [0.717, 1.165) is 0 Å². The van der Waals surface area contributed by atoms with Gasteiger partial charge in [0.1, 0.15) is 6.54 Å². The zero-order chi connectivity index (χ0) is 17.8. The maximum Gasteiger partial charge on any atom is 0.406 e. The third-order valence-corrected chi connectivity index (χ3v) is 3.58. The molecule has 1 aliphatic rings. The molecular weight excluding hydrogens is 317 g/mol. The molecule has 23 heavy (non-hydrogen) atoms. The molecule has 2 amide bonds. The van der Waals surface area contributed by atoms with Gasteiger partial charge in [-0.05, 0) is 12.3 Å². The number of halogens is 3. The number of hydrogen-bond acceptors (Lipinski definition) is 3. The summed E-state index contributed by atoms with van der Waals surface area (Å²) in [6.45, 7) is 1.92. The highest BCUT2D eigenvalue weighted by Gasteiger charge is 2.40. The lowest BCUT2D eigenvalue weighted by molar-refractivity contribution is -0.157. The highest BCUT2D eigenvalue weighted by molar-refractivity contribution is 5.89. The van der Waals surface area contributed by atoms with E-state index in [1.165, 1.54) is 0 Å².